The molecule has 84 valence electrons. The van der Waals surface area contributed by atoms with Gasteiger partial charge in [0.05, 0.1) is 6.20 Å². The molecule has 3 nitrogen and oxygen atoms in total. The molecule has 1 aromatic carbocycles. The monoisotopic (exact) mass is 215 g/mol. The largest absolute Gasteiger partial charge is 0.359 e. The Labute approximate surface area is 95.9 Å². The van der Waals surface area contributed by atoms with E-state index in [0.717, 1.165) is 18.1 Å². The second-order valence-corrected chi connectivity index (χ2v) is 4.11. The zero-order valence-corrected chi connectivity index (χ0v) is 9.96. The molecule has 3 heteroatoms. The van der Waals surface area contributed by atoms with E-state index >= 15 is 0 Å². The lowest BCUT2D eigenvalue weighted by molar-refractivity contribution is 1.08. The number of nitrogens with zero attached hydrogens (tertiary/aromatic N) is 1. The predicted molar refractivity (Wildman–Crippen MR) is 66.9 cm³/mol. The smallest absolute Gasteiger partial charge is 0.200 e. The number of rotatable bonds is 3. The minimum Gasteiger partial charge on any atom is -0.359 e. The van der Waals surface area contributed by atoms with Crippen LogP contribution >= 0.6 is 0 Å². The van der Waals surface area contributed by atoms with E-state index in [1.165, 1.54) is 16.7 Å². The molecule has 0 bridgehead atoms. The van der Waals surface area contributed by atoms with Gasteiger partial charge in [-0.3, -0.25) is 0 Å². The third kappa shape index (κ3) is 2.24. The Hall–Kier alpha value is -1.77. The number of anilines is 1. The standard InChI is InChI=1S/C13H17N3/c1-9-4-5-11(10(2)6-9)7-12-8-15-13(14-3)16-12/h4-6,8H,7H2,1-3H3,(H2,14,15,16). The van der Waals surface area contributed by atoms with Gasteiger partial charge in [0.2, 0.25) is 0 Å². The summed E-state index contributed by atoms with van der Waals surface area (Å²) in [5.74, 6) is 0.819. The first-order chi connectivity index (χ1) is 7.69. The van der Waals surface area contributed by atoms with Gasteiger partial charge in [0.1, 0.15) is 0 Å². The van der Waals surface area contributed by atoms with Crippen LogP contribution in [0.5, 0.6) is 0 Å². The van der Waals surface area contributed by atoms with E-state index in [1.54, 1.807) is 0 Å². The molecule has 2 aromatic rings. The van der Waals surface area contributed by atoms with Crippen LogP contribution in [-0.4, -0.2) is 17.0 Å². The van der Waals surface area contributed by atoms with E-state index in [-0.39, 0.29) is 0 Å². The van der Waals surface area contributed by atoms with Gasteiger partial charge in [-0.15, -0.1) is 0 Å². The first-order valence-electron chi connectivity index (χ1n) is 5.47. The summed E-state index contributed by atoms with van der Waals surface area (Å²) in [6.45, 7) is 4.27. The van der Waals surface area contributed by atoms with Crippen molar-refractivity contribution in [2.45, 2.75) is 20.3 Å². The summed E-state index contributed by atoms with van der Waals surface area (Å²) >= 11 is 0. The first-order valence-corrected chi connectivity index (χ1v) is 5.47. The molecule has 2 rings (SSSR count). The summed E-state index contributed by atoms with van der Waals surface area (Å²) in [6, 6.07) is 6.55. The maximum atomic E-state index is 4.21. The van der Waals surface area contributed by atoms with E-state index < -0.39 is 0 Å². The number of hydrogen-bond acceptors (Lipinski definition) is 2. The van der Waals surface area contributed by atoms with Crippen LogP contribution < -0.4 is 5.32 Å². The van der Waals surface area contributed by atoms with Gasteiger partial charge in [0.25, 0.3) is 0 Å². The second kappa shape index (κ2) is 4.39. The van der Waals surface area contributed by atoms with Crippen molar-refractivity contribution in [1.82, 2.24) is 9.97 Å². The third-order valence-electron chi connectivity index (χ3n) is 2.74. The number of H-pyrrole nitrogens is 1. The fourth-order valence-corrected chi connectivity index (χ4v) is 1.83. The molecule has 0 fully saturated rings. The molecule has 0 saturated carbocycles. The summed E-state index contributed by atoms with van der Waals surface area (Å²) in [6.07, 6.45) is 2.78. The lowest BCUT2D eigenvalue weighted by Gasteiger charge is -2.05. The highest BCUT2D eigenvalue weighted by molar-refractivity contribution is 5.34. The van der Waals surface area contributed by atoms with Crippen LogP contribution in [0.1, 0.15) is 22.4 Å². The van der Waals surface area contributed by atoms with Gasteiger partial charge in [-0.2, -0.15) is 0 Å². The van der Waals surface area contributed by atoms with Gasteiger partial charge >= 0.3 is 0 Å². The fourth-order valence-electron chi connectivity index (χ4n) is 1.83. The molecule has 0 saturated heterocycles. The fraction of sp³-hybridized carbons (Fsp3) is 0.308. The number of nitrogens with one attached hydrogen (secondary N) is 2. The Morgan fingerprint density at radius 1 is 1.31 bits per heavy atom. The van der Waals surface area contributed by atoms with Crippen LogP contribution in [-0.2, 0) is 6.42 Å². The number of benzene rings is 1. The molecule has 0 amide bonds. The van der Waals surface area contributed by atoms with E-state index in [9.17, 15) is 0 Å². The Kier molecular flexibility index (Phi) is 2.95. The Morgan fingerprint density at radius 2 is 2.12 bits per heavy atom. The normalized spacial score (nSPS) is 10.4. The number of imidazole rings is 1. The van der Waals surface area contributed by atoms with Crippen LogP contribution in [0.15, 0.2) is 24.4 Å². The molecule has 0 aliphatic carbocycles. The highest BCUT2D eigenvalue weighted by Crippen LogP contribution is 2.15. The van der Waals surface area contributed by atoms with Crippen molar-refractivity contribution in [2.24, 2.45) is 0 Å². The summed E-state index contributed by atoms with van der Waals surface area (Å²) < 4.78 is 0. The average molecular weight is 215 g/mol. The van der Waals surface area contributed by atoms with E-state index in [2.05, 4.69) is 47.3 Å². The molecule has 2 N–H and O–H groups in total. The number of aryl methyl sites for hydroxylation is 2. The minimum atomic E-state index is 0.819. The highest BCUT2D eigenvalue weighted by Gasteiger charge is 2.03. The second-order valence-electron chi connectivity index (χ2n) is 4.11. The third-order valence-corrected chi connectivity index (χ3v) is 2.74. The molecular weight excluding hydrogens is 198 g/mol. The molecule has 16 heavy (non-hydrogen) atoms. The Balaban J connectivity index is 2.20. The average Bonchev–Trinajstić information content (AvgIpc) is 2.70. The maximum absolute atomic E-state index is 4.21. The van der Waals surface area contributed by atoms with Crippen molar-refractivity contribution in [3.8, 4) is 0 Å². The zero-order valence-electron chi connectivity index (χ0n) is 9.96. The molecule has 0 atom stereocenters. The zero-order chi connectivity index (χ0) is 11.5. The van der Waals surface area contributed by atoms with Gasteiger partial charge in [-0.05, 0) is 25.0 Å². The van der Waals surface area contributed by atoms with Gasteiger partial charge < -0.3 is 10.3 Å². The van der Waals surface area contributed by atoms with E-state index in [4.69, 9.17) is 0 Å². The van der Waals surface area contributed by atoms with Crippen LogP contribution in [0.4, 0.5) is 5.95 Å². The lowest BCUT2D eigenvalue weighted by Crippen LogP contribution is -1.94. The van der Waals surface area contributed by atoms with Crippen molar-refractivity contribution in [3.63, 3.8) is 0 Å². The van der Waals surface area contributed by atoms with Crippen LogP contribution in [0.2, 0.25) is 0 Å². The SMILES string of the molecule is CNc1ncc(Cc2ccc(C)cc2C)[nH]1. The first kappa shape index (κ1) is 10.7. The molecule has 0 spiro atoms. The van der Waals surface area contributed by atoms with E-state index in [1.807, 2.05) is 13.2 Å². The summed E-state index contributed by atoms with van der Waals surface area (Å²) in [4.78, 5) is 7.44. The summed E-state index contributed by atoms with van der Waals surface area (Å²) in [5, 5.41) is 2.99. The molecular formula is C13H17N3. The van der Waals surface area contributed by atoms with Gasteiger partial charge in [-0.1, -0.05) is 23.8 Å². The molecule has 1 aromatic heterocycles. The minimum absolute atomic E-state index is 0.819. The molecule has 0 aliphatic rings. The van der Waals surface area contributed by atoms with Crippen molar-refractivity contribution >= 4 is 5.95 Å². The summed E-state index contributed by atoms with van der Waals surface area (Å²) in [7, 11) is 1.86. The Morgan fingerprint density at radius 3 is 2.75 bits per heavy atom. The van der Waals surface area contributed by atoms with Gasteiger partial charge in [0.15, 0.2) is 5.95 Å². The van der Waals surface area contributed by atoms with Crippen LogP contribution in [0, 0.1) is 13.8 Å². The maximum Gasteiger partial charge on any atom is 0.200 e. The molecule has 1 heterocycles. The topological polar surface area (TPSA) is 40.7 Å². The Bertz CT molecular complexity index is 486. The molecule has 0 unspecified atom stereocenters. The summed E-state index contributed by atoms with van der Waals surface area (Å²) in [5.41, 5.74) is 5.12. The number of aromatic nitrogens is 2. The van der Waals surface area contributed by atoms with Crippen molar-refractivity contribution in [1.29, 1.82) is 0 Å². The number of aromatic amines is 1. The van der Waals surface area contributed by atoms with Crippen LogP contribution in [0.3, 0.4) is 0 Å². The van der Waals surface area contributed by atoms with Gasteiger partial charge in [-0.25, -0.2) is 4.98 Å². The highest BCUT2D eigenvalue weighted by atomic mass is 15.1. The number of hydrogen-bond donors (Lipinski definition) is 2. The van der Waals surface area contributed by atoms with Crippen molar-refractivity contribution in [2.75, 3.05) is 12.4 Å². The van der Waals surface area contributed by atoms with Gasteiger partial charge in [0, 0.05) is 19.2 Å². The molecule has 0 radical (unpaired) electrons. The molecule has 0 aliphatic heterocycles. The van der Waals surface area contributed by atoms with Crippen LogP contribution in [0.25, 0.3) is 0 Å². The van der Waals surface area contributed by atoms with E-state index in [0.29, 0.717) is 0 Å². The van der Waals surface area contributed by atoms with Crippen molar-refractivity contribution < 1.29 is 0 Å². The van der Waals surface area contributed by atoms with Crippen molar-refractivity contribution in [3.05, 3.63) is 46.8 Å². The quantitative estimate of drug-likeness (QED) is 0.826. The predicted octanol–water partition coefficient (Wildman–Crippen LogP) is 2.66. The lowest BCUT2D eigenvalue weighted by atomic mass is 10.0.